The third-order valence-electron chi connectivity index (χ3n) is 2.00. The van der Waals surface area contributed by atoms with Gasteiger partial charge in [0, 0.05) is 33.3 Å². The maximum Gasteiger partial charge on any atom is 0.0589 e. The minimum Gasteiger partial charge on any atom is -0.383 e. The Morgan fingerprint density at radius 3 is 2.36 bits per heavy atom. The van der Waals surface area contributed by atoms with Crippen molar-refractivity contribution in [3.05, 3.63) is 0 Å². The molecule has 0 heterocycles. The van der Waals surface area contributed by atoms with Crippen LogP contribution in [0.5, 0.6) is 0 Å². The molecule has 0 aliphatic heterocycles. The summed E-state index contributed by atoms with van der Waals surface area (Å²) in [5, 5.41) is 3.45. The number of nitrogens with zero attached hydrogens (tertiary/aromatic N) is 1. The Morgan fingerprint density at radius 1 is 1.21 bits per heavy atom. The zero-order valence-corrected chi connectivity index (χ0v) is 10.4. The topological polar surface area (TPSA) is 24.5 Å². The van der Waals surface area contributed by atoms with Crippen LogP contribution < -0.4 is 5.32 Å². The molecule has 3 nitrogen and oxygen atoms in total. The van der Waals surface area contributed by atoms with Crippen LogP contribution in [0, 0.1) is 5.41 Å². The first-order valence-corrected chi connectivity index (χ1v) is 5.34. The Hall–Kier alpha value is -0.120. The van der Waals surface area contributed by atoms with Crippen LogP contribution in [0.2, 0.25) is 0 Å². The molecule has 1 N–H and O–H groups in total. The van der Waals surface area contributed by atoms with E-state index >= 15 is 0 Å². The summed E-state index contributed by atoms with van der Waals surface area (Å²) in [4.78, 5) is 2.28. The average Bonchev–Trinajstić information content (AvgIpc) is 2.07. The molecule has 3 heteroatoms. The highest BCUT2D eigenvalue weighted by Gasteiger charge is 2.08. The monoisotopic (exact) mass is 202 g/mol. The van der Waals surface area contributed by atoms with Crippen LogP contribution in [0.1, 0.15) is 20.8 Å². The molecule has 0 aliphatic rings. The summed E-state index contributed by atoms with van der Waals surface area (Å²) in [6.07, 6.45) is 0. The van der Waals surface area contributed by atoms with Crippen LogP contribution in [0.15, 0.2) is 0 Å². The van der Waals surface area contributed by atoms with Gasteiger partial charge in [-0.2, -0.15) is 0 Å². The normalized spacial score (nSPS) is 12.4. The Balaban J connectivity index is 3.27. The van der Waals surface area contributed by atoms with Crippen molar-refractivity contribution in [2.24, 2.45) is 5.41 Å². The minimum atomic E-state index is 0.380. The second-order valence-corrected chi connectivity index (χ2v) is 5.03. The van der Waals surface area contributed by atoms with Crippen LogP contribution in [0.4, 0.5) is 0 Å². The third-order valence-corrected chi connectivity index (χ3v) is 2.00. The molecular weight excluding hydrogens is 176 g/mol. The van der Waals surface area contributed by atoms with Crippen molar-refractivity contribution in [1.29, 1.82) is 0 Å². The first-order valence-electron chi connectivity index (χ1n) is 5.34. The number of likely N-dealkylation sites (N-methyl/N-ethyl adjacent to an activating group) is 1. The molecule has 0 amide bonds. The highest BCUT2D eigenvalue weighted by Crippen LogP contribution is 2.09. The van der Waals surface area contributed by atoms with Gasteiger partial charge < -0.3 is 15.0 Å². The summed E-state index contributed by atoms with van der Waals surface area (Å²) >= 11 is 0. The van der Waals surface area contributed by atoms with Gasteiger partial charge in [-0.1, -0.05) is 20.8 Å². The first kappa shape index (κ1) is 13.9. The molecule has 0 saturated heterocycles. The lowest BCUT2D eigenvalue weighted by Crippen LogP contribution is -2.35. The van der Waals surface area contributed by atoms with E-state index in [1.54, 1.807) is 7.11 Å². The maximum atomic E-state index is 5.01. The Morgan fingerprint density at radius 2 is 1.86 bits per heavy atom. The van der Waals surface area contributed by atoms with Gasteiger partial charge in [-0.3, -0.25) is 0 Å². The molecule has 0 aromatic heterocycles. The van der Waals surface area contributed by atoms with Gasteiger partial charge in [0.1, 0.15) is 0 Å². The first-order chi connectivity index (χ1) is 6.45. The van der Waals surface area contributed by atoms with E-state index in [2.05, 4.69) is 38.0 Å². The highest BCUT2D eigenvalue weighted by atomic mass is 16.5. The van der Waals surface area contributed by atoms with Crippen LogP contribution in [0.3, 0.4) is 0 Å². The van der Waals surface area contributed by atoms with Gasteiger partial charge in [-0.15, -0.1) is 0 Å². The Kier molecular flexibility index (Phi) is 7.15. The molecular formula is C11H26N2O. The van der Waals surface area contributed by atoms with Crippen LogP contribution >= 0.6 is 0 Å². The molecule has 0 unspecified atom stereocenters. The predicted octanol–water partition coefficient (Wildman–Crippen LogP) is 1.20. The smallest absolute Gasteiger partial charge is 0.0589 e. The lowest BCUT2D eigenvalue weighted by Gasteiger charge is -2.21. The maximum absolute atomic E-state index is 5.01. The number of hydrogen-bond acceptors (Lipinski definition) is 3. The fourth-order valence-corrected chi connectivity index (χ4v) is 1.09. The minimum absolute atomic E-state index is 0.380. The van der Waals surface area contributed by atoms with Crippen molar-refractivity contribution in [2.75, 3.05) is 46.9 Å². The second-order valence-electron chi connectivity index (χ2n) is 5.03. The number of ether oxygens (including phenoxy) is 1. The van der Waals surface area contributed by atoms with E-state index in [0.29, 0.717) is 5.41 Å². The van der Waals surface area contributed by atoms with E-state index in [9.17, 15) is 0 Å². The molecule has 0 bridgehead atoms. The molecule has 0 aliphatic carbocycles. The lowest BCUT2D eigenvalue weighted by molar-refractivity contribution is 0.161. The lowest BCUT2D eigenvalue weighted by atomic mass is 9.97. The highest BCUT2D eigenvalue weighted by molar-refractivity contribution is 4.65. The predicted molar refractivity (Wildman–Crippen MR) is 61.7 cm³/mol. The molecule has 0 aromatic carbocycles. The van der Waals surface area contributed by atoms with Gasteiger partial charge in [-0.25, -0.2) is 0 Å². The van der Waals surface area contributed by atoms with E-state index in [4.69, 9.17) is 4.74 Å². The van der Waals surface area contributed by atoms with Crippen molar-refractivity contribution in [1.82, 2.24) is 10.2 Å². The number of rotatable bonds is 7. The van der Waals surface area contributed by atoms with Crippen molar-refractivity contribution in [2.45, 2.75) is 20.8 Å². The Labute approximate surface area is 88.8 Å². The zero-order valence-electron chi connectivity index (χ0n) is 10.4. The summed E-state index contributed by atoms with van der Waals surface area (Å²) in [6.45, 7) is 11.8. The van der Waals surface area contributed by atoms with Gasteiger partial charge in [0.05, 0.1) is 6.61 Å². The van der Waals surface area contributed by atoms with E-state index < -0.39 is 0 Å². The van der Waals surface area contributed by atoms with Crippen molar-refractivity contribution in [3.63, 3.8) is 0 Å². The summed E-state index contributed by atoms with van der Waals surface area (Å²) < 4.78 is 5.01. The van der Waals surface area contributed by atoms with Crippen molar-refractivity contribution >= 4 is 0 Å². The standard InChI is InChI=1S/C11H26N2O/c1-11(2,3)10-12-6-7-13(4)8-9-14-5/h12H,6-10H2,1-5H3. The van der Waals surface area contributed by atoms with Gasteiger partial charge in [0.15, 0.2) is 0 Å². The summed E-state index contributed by atoms with van der Waals surface area (Å²) in [7, 11) is 3.86. The molecule has 0 atom stereocenters. The van der Waals surface area contributed by atoms with Crippen LogP contribution in [-0.4, -0.2) is 51.8 Å². The molecule has 86 valence electrons. The quantitative estimate of drug-likeness (QED) is 0.628. The fraction of sp³-hybridized carbons (Fsp3) is 1.00. The molecule has 0 spiro atoms. The second kappa shape index (κ2) is 7.21. The van der Waals surface area contributed by atoms with Crippen molar-refractivity contribution < 1.29 is 4.74 Å². The molecule has 0 saturated carbocycles. The van der Waals surface area contributed by atoms with E-state index in [1.165, 1.54) is 0 Å². The van der Waals surface area contributed by atoms with Crippen LogP contribution in [-0.2, 0) is 4.74 Å². The zero-order chi connectivity index (χ0) is 11.0. The van der Waals surface area contributed by atoms with E-state index in [1.807, 2.05) is 0 Å². The third kappa shape index (κ3) is 9.96. The summed E-state index contributed by atoms with van der Waals surface area (Å²) in [5.74, 6) is 0. The molecule has 0 fully saturated rings. The van der Waals surface area contributed by atoms with Crippen LogP contribution in [0.25, 0.3) is 0 Å². The average molecular weight is 202 g/mol. The number of hydrogen-bond donors (Lipinski definition) is 1. The van der Waals surface area contributed by atoms with Gasteiger partial charge in [0.2, 0.25) is 0 Å². The van der Waals surface area contributed by atoms with Crippen molar-refractivity contribution in [3.8, 4) is 0 Å². The fourth-order valence-electron chi connectivity index (χ4n) is 1.09. The van der Waals surface area contributed by atoms with Gasteiger partial charge in [0.25, 0.3) is 0 Å². The Bertz CT molecular complexity index is 132. The van der Waals surface area contributed by atoms with Gasteiger partial charge >= 0.3 is 0 Å². The molecule has 0 aromatic rings. The van der Waals surface area contributed by atoms with E-state index in [0.717, 1.165) is 32.8 Å². The number of methoxy groups -OCH3 is 1. The summed E-state index contributed by atoms with van der Waals surface area (Å²) in [6, 6.07) is 0. The molecule has 14 heavy (non-hydrogen) atoms. The molecule has 0 rings (SSSR count). The molecule has 0 radical (unpaired) electrons. The largest absolute Gasteiger partial charge is 0.383 e. The van der Waals surface area contributed by atoms with E-state index in [-0.39, 0.29) is 0 Å². The number of nitrogens with one attached hydrogen (secondary N) is 1. The SMILES string of the molecule is COCCN(C)CCNCC(C)(C)C. The summed E-state index contributed by atoms with van der Waals surface area (Å²) in [5.41, 5.74) is 0.380. The van der Waals surface area contributed by atoms with Gasteiger partial charge in [-0.05, 0) is 12.5 Å².